The zero-order valence-electron chi connectivity index (χ0n) is 11.2. The summed E-state index contributed by atoms with van der Waals surface area (Å²) in [6.07, 6.45) is 2.63. The van der Waals surface area contributed by atoms with Crippen LogP contribution in [0.25, 0.3) is 0 Å². The Morgan fingerprint density at radius 3 is 2.61 bits per heavy atom. The minimum absolute atomic E-state index is 0.307. The summed E-state index contributed by atoms with van der Waals surface area (Å²) in [5.41, 5.74) is 0. The highest BCUT2D eigenvalue weighted by molar-refractivity contribution is 6.30. The predicted octanol–water partition coefficient (Wildman–Crippen LogP) is 3.74. The van der Waals surface area contributed by atoms with Crippen molar-refractivity contribution in [3.05, 3.63) is 29.3 Å². The summed E-state index contributed by atoms with van der Waals surface area (Å²) in [5, 5.41) is 4.17. The van der Waals surface area contributed by atoms with E-state index in [2.05, 4.69) is 19.2 Å². The number of halogens is 1. The quantitative estimate of drug-likeness (QED) is 0.877. The second-order valence-electron chi connectivity index (χ2n) is 5.49. The van der Waals surface area contributed by atoms with E-state index in [-0.39, 0.29) is 0 Å². The van der Waals surface area contributed by atoms with Gasteiger partial charge in [-0.15, -0.1) is 0 Å². The minimum Gasteiger partial charge on any atom is -0.490 e. The summed E-state index contributed by atoms with van der Waals surface area (Å²) in [5.74, 6) is 2.21. The summed E-state index contributed by atoms with van der Waals surface area (Å²) in [7, 11) is 0. The standard InChI is InChI=1S/C15H22ClNO/c1-11(2)9-15(12-7-8-17-10-12)18-14-5-3-13(16)4-6-14/h3-6,11-12,15,17H,7-10H2,1-2H3/t12?,15-/m1/s1. The van der Waals surface area contributed by atoms with E-state index in [0.29, 0.717) is 17.9 Å². The maximum atomic E-state index is 6.17. The highest BCUT2D eigenvalue weighted by Gasteiger charge is 2.27. The Bertz CT molecular complexity index is 357. The van der Waals surface area contributed by atoms with Gasteiger partial charge in [-0.3, -0.25) is 0 Å². The number of ether oxygens (including phenoxy) is 1. The lowest BCUT2D eigenvalue weighted by Crippen LogP contribution is -2.30. The highest BCUT2D eigenvalue weighted by atomic mass is 35.5. The molecule has 0 radical (unpaired) electrons. The maximum Gasteiger partial charge on any atom is 0.119 e. The minimum atomic E-state index is 0.307. The van der Waals surface area contributed by atoms with E-state index >= 15 is 0 Å². The molecule has 3 heteroatoms. The van der Waals surface area contributed by atoms with Gasteiger partial charge in [-0.2, -0.15) is 0 Å². The van der Waals surface area contributed by atoms with Crippen molar-refractivity contribution < 1.29 is 4.74 Å². The zero-order chi connectivity index (χ0) is 13.0. The number of hydrogen-bond donors (Lipinski definition) is 1. The fraction of sp³-hybridized carbons (Fsp3) is 0.600. The SMILES string of the molecule is CC(C)C[C@@H](Oc1ccc(Cl)cc1)C1CCNC1. The molecular weight excluding hydrogens is 246 g/mol. The van der Waals surface area contributed by atoms with Crippen LogP contribution in [0.2, 0.25) is 5.02 Å². The first-order chi connectivity index (χ1) is 8.65. The molecule has 18 heavy (non-hydrogen) atoms. The van der Waals surface area contributed by atoms with Crippen LogP contribution in [0, 0.1) is 11.8 Å². The zero-order valence-corrected chi connectivity index (χ0v) is 11.9. The molecule has 2 rings (SSSR count). The van der Waals surface area contributed by atoms with Crippen molar-refractivity contribution in [1.82, 2.24) is 5.32 Å². The largest absolute Gasteiger partial charge is 0.490 e. The molecule has 0 spiro atoms. The van der Waals surface area contributed by atoms with Crippen molar-refractivity contribution >= 4 is 11.6 Å². The van der Waals surface area contributed by atoms with Crippen molar-refractivity contribution in [2.75, 3.05) is 13.1 Å². The van der Waals surface area contributed by atoms with Crippen LogP contribution in [0.15, 0.2) is 24.3 Å². The van der Waals surface area contributed by atoms with Gasteiger partial charge >= 0.3 is 0 Å². The Hall–Kier alpha value is -0.730. The highest BCUT2D eigenvalue weighted by Crippen LogP contribution is 2.25. The summed E-state index contributed by atoms with van der Waals surface area (Å²) >= 11 is 5.89. The van der Waals surface area contributed by atoms with Crippen LogP contribution in [0.3, 0.4) is 0 Å². The van der Waals surface area contributed by atoms with Crippen LogP contribution in [0.1, 0.15) is 26.7 Å². The van der Waals surface area contributed by atoms with Gasteiger partial charge in [0.25, 0.3) is 0 Å². The van der Waals surface area contributed by atoms with Crippen LogP contribution in [-0.4, -0.2) is 19.2 Å². The molecule has 1 aromatic carbocycles. The predicted molar refractivity (Wildman–Crippen MR) is 76.3 cm³/mol. The number of benzene rings is 1. The Kier molecular flexibility index (Phi) is 4.90. The fourth-order valence-electron chi connectivity index (χ4n) is 2.48. The van der Waals surface area contributed by atoms with E-state index in [0.717, 1.165) is 30.3 Å². The van der Waals surface area contributed by atoms with Crippen LogP contribution >= 0.6 is 11.6 Å². The molecule has 1 aliphatic rings. The molecule has 0 aromatic heterocycles. The van der Waals surface area contributed by atoms with Crippen molar-refractivity contribution in [3.8, 4) is 5.75 Å². The summed E-state index contributed by atoms with van der Waals surface area (Å²) < 4.78 is 6.17. The second-order valence-corrected chi connectivity index (χ2v) is 5.93. The molecule has 100 valence electrons. The molecule has 1 N–H and O–H groups in total. The summed E-state index contributed by atoms with van der Waals surface area (Å²) in [6.45, 7) is 6.69. The van der Waals surface area contributed by atoms with Gasteiger partial charge in [0, 0.05) is 17.5 Å². The molecule has 1 aromatic rings. The van der Waals surface area contributed by atoms with Crippen molar-refractivity contribution in [1.29, 1.82) is 0 Å². The van der Waals surface area contributed by atoms with Crippen molar-refractivity contribution in [3.63, 3.8) is 0 Å². The van der Waals surface area contributed by atoms with Gasteiger partial charge in [0.2, 0.25) is 0 Å². The lowest BCUT2D eigenvalue weighted by atomic mass is 9.93. The average Bonchev–Trinajstić information content (AvgIpc) is 2.84. The first kappa shape index (κ1) is 13.7. The molecule has 2 nitrogen and oxygen atoms in total. The Morgan fingerprint density at radius 2 is 2.06 bits per heavy atom. The third-order valence-corrected chi connectivity index (χ3v) is 3.68. The molecule has 1 saturated heterocycles. The fourth-order valence-corrected chi connectivity index (χ4v) is 2.61. The van der Waals surface area contributed by atoms with Gasteiger partial charge in [0.1, 0.15) is 11.9 Å². The second kappa shape index (κ2) is 6.44. The van der Waals surface area contributed by atoms with Gasteiger partial charge in [-0.25, -0.2) is 0 Å². The lowest BCUT2D eigenvalue weighted by Gasteiger charge is -2.26. The van der Waals surface area contributed by atoms with Gasteiger partial charge in [-0.1, -0.05) is 25.4 Å². The number of nitrogens with one attached hydrogen (secondary N) is 1. The number of hydrogen-bond acceptors (Lipinski definition) is 2. The van der Waals surface area contributed by atoms with E-state index in [1.165, 1.54) is 6.42 Å². The van der Waals surface area contributed by atoms with E-state index < -0.39 is 0 Å². The average molecular weight is 268 g/mol. The smallest absolute Gasteiger partial charge is 0.119 e. The summed E-state index contributed by atoms with van der Waals surface area (Å²) in [6, 6.07) is 7.68. The normalized spacial score (nSPS) is 21.2. The maximum absolute atomic E-state index is 6.17. The van der Waals surface area contributed by atoms with E-state index in [1.807, 2.05) is 24.3 Å². The monoisotopic (exact) mass is 267 g/mol. The molecule has 1 unspecified atom stereocenters. The van der Waals surface area contributed by atoms with Crippen LogP contribution < -0.4 is 10.1 Å². The van der Waals surface area contributed by atoms with Gasteiger partial charge < -0.3 is 10.1 Å². The molecule has 1 fully saturated rings. The van der Waals surface area contributed by atoms with E-state index in [1.54, 1.807) is 0 Å². The van der Waals surface area contributed by atoms with E-state index in [9.17, 15) is 0 Å². The van der Waals surface area contributed by atoms with Gasteiger partial charge in [-0.05, 0) is 49.6 Å². The third kappa shape index (κ3) is 3.89. The molecular formula is C15H22ClNO. The topological polar surface area (TPSA) is 21.3 Å². The van der Waals surface area contributed by atoms with Crippen molar-refractivity contribution in [2.45, 2.75) is 32.8 Å². The molecule has 2 atom stereocenters. The van der Waals surface area contributed by atoms with Crippen LogP contribution in [0.4, 0.5) is 0 Å². The third-order valence-electron chi connectivity index (χ3n) is 3.43. The van der Waals surface area contributed by atoms with Crippen molar-refractivity contribution in [2.24, 2.45) is 11.8 Å². The van der Waals surface area contributed by atoms with Crippen LogP contribution in [0.5, 0.6) is 5.75 Å². The first-order valence-corrected chi connectivity index (χ1v) is 7.16. The lowest BCUT2D eigenvalue weighted by molar-refractivity contribution is 0.119. The molecule has 0 amide bonds. The molecule has 0 saturated carbocycles. The van der Waals surface area contributed by atoms with E-state index in [4.69, 9.17) is 16.3 Å². The molecule has 0 bridgehead atoms. The van der Waals surface area contributed by atoms with Crippen LogP contribution in [-0.2, 0) is 0 Å². The summed E-state index contributed by atoms with van der Waals surface area (Å²) in [4.78, 5) is 0. The molecule has 0 aliphatic carbocycles. The molecule has 1 heterocycles. The number of rotatable bonds is 5. The van der Waals surface area contributed by atoms with Gasteiger partial charge in [0.05, 0.1) is 0 Å². The Balaban J connectivity index is 2.01. The first-order valence-electron chi connectivity index (χ1n) is 6.78. The molecule has 1 aliphatic heterocycles. The van der Waals surface area contributed by atoms with Gasteiger partial charge in [0.15, 0.2) is 0 Å². The Labute approximate surface area is 115 Å². The Morgan fingerprint density at radius 1 is 1.33 bits per heavy atom.